The third kappa shape index (κ3) is 25.2. The summed E-state index contributed by atoms with van der Waals surface area (Å²) in [5.41, 5.74) is 8.20. The highest BCUT2D eigenvalue weighted by Crippen LogP contribution is 2.38. The van der Waals surface area contributed by atoms with Gasteiger partial charge < -0.3 is 43.1 Å². The molecule has 0 radical (unpaired) electrons. The number of nitrogens with one attached hydrogen (secondary N) is 2. The number of hydrogen-bond acceptors (Lipinski definition) is 18. The molecule has 11 rings (SSSR count). The third-order valence-electron chi connectivity index (χ3n) is 18.9. The zero-order chi connectivity index (χ0) is 86.0. The Morgan fingerprint density at radius 3 is 1.34 bits per heavy atom. The van der Waals surface area contributed by atoms with Gasteiger partial charge in [-0.05, 0) is 208 Å². The quantitative estimate of drug-likeness (QED) is 0.0529. The van der Waals surface area contributed by atoms with Gasteiger partial charge in [0.05, 0.1) is 40.7 Å². The second-order valence-electron chi connectivity index (χ2n) is 30.8. The SMILES string of the molecule is CCS(=O)(=O)Cc1ccc(C(=O)c2ccc(Cl)cc2)c(-c2cn(C)c(=O)cc2CNC(=O)OC(C)(C)C)c1.CCS(=O)(=O)Cc1ccc(C(=O)c2ccc(Cl)cc2)c(B2OC(C)(C)C(C)(C)O2)c1.CCS(=O)(=O)Cc1ccc2c(c1)-c1cn(C)c(=O)cc1CN=C2c1ccc(Cl)cc1.Cn1cc(Br)c(CNC(=O)OC(C)(C)C)cc1=O. The number of benzene rings is 6. The first-order chi connectivity index (χ1) is 54.0. The number of halogens is 4. The molecular formula is C85H95BBrCl3N6O17S3. The van der Waals surface area contributed by atoms with Gasteiger partial charge in [-0.25, -0.2) is 34.8 Å². The van der Waals surface area contributed by atoms with Crippen LogP contribution in [0.5, 0.6) is 0 Å². The van der Waals surface area contributed by atoms with E-state index in [1.165, 1.54) is 25.8 Å². The number of rotatable bonds is 20. The molecule has 2 amide bonds. The summed E-state index contributed by atoms with van der Waals surface area (Å²) < 4.78 is 101. The molecule has 0 spiro atoms. The number of aromatic nitrogens is 3. The monoisotopic (exact) mass is 1760 g/mol. The summed E-state index contributed by atoms with van der Waals surface area (Å²) in [6, 6.07) is 40.5. The Morgan fingerprint density at radius 2 is 0.879 bits per heavy atom. The number of carbonyl (C=O) groups excluding carboxylic acids is 4. The number of ketones is 2. The zero-order valence-electron chi connectivity index (χ0n) is 67.5. The van der Waals surface area contributed by atoms with Crippen molar-refractivity contribution in [3.63, 3.8) is 0 Å². The number of amides is 2. The average molecular weight is 1770 g/mol. The predicted molar refractivity (Wildman–Crippen MR) is 462 cm³/mol. The Morgan fingerprint density at radius 1 is 0.491 bits per heavy atom. The van der Waals surface area contributed by atoms with E-state index in [2.05, 4.69) is 26.6 Å². The number of aryl methyl sites for hydroxylation is 3. The Kier molecular flexibility index (Phi) is 30.4. The lowest BCUT2D eigenvalue weighted by atomic mass is 9.73. The van der Waals surface area contributed by atoms with Crippen LogP contribution in [-0.2, 0) is 106 Å². The van der Waals surface area contributed by atoms with E-state index in [4.69, 9.17) is 58.6 Å². The molecule has 31 heteroatoms. The summed E-state index contributed by atoms with van der Waals surface area (Å²) in [6.07, 6.45) is 3.86. The van der Waals surface area contributed by atoms with Gasteiger partial charge >= 0.3 is 19.3 Å². The summed E-state index contributed by atoms with van der Waals surface area (Å²) in [4.78, 5) is 91.6. The van der Waals surface area contributed by atoms with Crippen molar-refractivity contribution in [3.05, 3.63) is 282 Å². The van der Waals surface area contributed by atoms with Gasteiger partial charge in [-0.2, -0.15) is 0 Å². The van der Waals surface area contributed by atoms with Gasteiger partial charge in [-0.3, -0.25) is 29.0 Å². The number of hydrogen-bond donors (Lipinski definition) is 2. The standard InChI is InChI=1S/C28H31ClN2O6S.C23H21ClN2O3S.C22H26BClO5S.C12H17BrN2O3/c1-6-38(35,36)17-18-7-12-22(26(33)19-8-10-21(29)11-9-19)23(13-18)24-16-31(5)25(32)14-20(24)15-30-27(34)37-28(2,3)4;1-3-30(28,29)14-15-4-9-19-20(10-15)21-13-26(2)22(27)11-17(21)12-25-23(19)16-5-7-18(24)8-6-16;1-6-30(26,27)14-15-7-12-18(20(25)16-8-10-17(24)11-9-16)19(13-15)23-28-21(2,3)22(4,5)29-23;1-12(2,3)18-11(17)14-6-8-5-10(16)15(4)7-9(8)13/h7-14,16H,6,15,17H2,1-5H3,(H,30,34);4-11,13H,3,12,14H2,1-2H3;7-13H,6,14H2,1-5H3;5,7H,6H2,1-4H3,(H,14,17). The lowest BCUT2D eigenvalue weighted by Gasteiger charge is -2.32. The molecule has 6 aromatic carbocycles. The van der Waals surface area contributed by atoms with E-state index >= 15 is 0 Å². The molecule has 2 N–H and O–H groups in total. The van der Waals surface area contributed by atoms with Gasteiger partial charge in [-0.1, -0.05) is 110 Å². The molecule has 1 saturated heterocycles. The molecule has 23 nitrogen and oxygen atoms in total. The lowest BCUT2D eigenvalue weighted by Crippen LogP contribution is -2.41. The topological polar surface area (TPSA) is 310 Å². The minimum atomic E-state index is -3.35. The number of aliphatic imine (C=N–C) groups is 1. The summed E-state index contributed by atoms with van der Waals surface area (Å²) in [7, 11) is -5.60. The Labute approximate surface area is 701 Å². The van der Waals surface area contributed by atoms with Crippen LogP contribution in [0.15, 0.2) is 188 Å². The maximum absolute atomic E-state index is 13.6. The molecule has 3 aromatic heterocycles. The van der Waals surface area contributed by atoms with Crippen molar-refractivity contribution in [3.8, 4) is 22.3 Å². The molecule has 2 aliphatic heterocycles. The number of ether oxygens (including phenoxy) is 2. The summed E-state index contributed by atoms with van der Waals surface area (Å²) in [6.45, 7) is 23.7. The van der Waals surface area contributed by atoms with E-state index < -0.39 is 71.2 Å². The van der Waals surface area contributed by atoms with E-state index in [1.54, 1.807) is 193 Å². The van der Waals surface area contributed by atoms with Crippen LogP contribution in [0.1, 0.15) is 166 Å². The number of pyridine rings is 3. The lowest BCUT2D eigenvalue weighted by molar-refractivity contribution is 0.00578. The predicted octanol–water partition coefficient (Wildman–Crippen LogP) is 14.9. The second kappa shape index (κ2) is 38.1. The normalized spacial score (nSPS) is 13.6. The maximum atomic E-state index is 13.6. The Balaban J connectivity index is 0.000000198. The van der Waals surface area contributed by atoms with Crippen LogP contribution < -0.4 is 32.8 Å². The third-order valence-corrected chi connectivity index (χ3v) is 25.3. The van der Waals surface area contributed by atoms with Gasteiger partial charge in [0.25, 0.3) is 16.7 Å². The molecule has 0 bridgehead atoms. The highest BCUT2D eigenvalue weighted by molar-refractivity contribution is 9.10. The molecule has 2 aliphatic rings. The molecule has 1 fully saturated rings. The van der Waals surface area contributed by atoms with Gasteiger partial charge in [0.1, 0.15) is 11.2 Å². The number of carbonyl (C=O) groups is 4. The van der Waals surface area contributed by atoms with Crippen LogP contribution in [0.4, 0.5) is 9.59 Å². The largest absolute Gasteiger partial charge is 0.495 e. The summed E-state index contributed by atoms with van der Waals surface area (Å²) >= 11 is 21.3. The molecule has 9 aromatic rings. The van der Waals surface area contributed by atoms with Gasteiger partial charge in [-0.15, -0.1) is 0 Å². The van der Waals surface area contributed by atoms with E-state index in [-0.39, 0.29) is 75.9 Å². The van der Waals surface area contributed by atoms with E-state index in [0.29, 0.717) is 88.3 Å². The minimum Gasteiger partial charge on any atom is -0.444 e. The molecule has 616 valence electrons. The van der Waals surface area contributed by atoms with Crippen LogP contribution in [0.3, 0.4) is 0 Å². The summed E-state index contributed by atoms with van der Waals surface area (Å²) in [5.74, 6) is -0.738. The molecular weight excluding hydrogens is 1670 g/mol. The fraction of sp³-hybridized carbons (Fsp3) is 0.341. The first-order valence-electron chi connectivity index (χ1n) is 37.0. The van der Waals surface area contributed by atoms with Crippen LogP contribution in [0.2, 0.25) is 15.1 Å². The Hall–Kier alpha value is -9.10. The van der Waals surface area contributed by atoms with Gasteiger partial charge in [0.15, 0.2) is 41.1 Å². The molecule has 5 heterocycles. The van der Waals surface area contributed by atoms with Crippen molar-refractivity contribution >= 4 is 122 Å². The highest BCUT2D eigenvalue weighted by atomic mass is 79.9. The van der Waals surface area contributed by atoms with Crippen LogP contribution in [-0.4, -0.2) is 115 Å². The molecule has 0 unspecified atom stereocenters. The van der Waals surface area contributed by atoms with Crippen molar-refractivity contribution < 1.29 is 63.2 Å². The molecule has 116 heavy (non-hydrogen) atoms. The van der Waals surface area contributed by atoms with Crippen molar-refractivity contribution in [1.29, 1.82) is 0 Å². The van der Waals surface area contributed by atoms with E-state index in [0.717, 1.165) is 38.0 Å². The second-order valence-corrected chi connectivity index (χ2v) is 40.0. The average Bonchev–Trinajstić information content (AvgIpc) is 1.57. The zero-order valence-corrected chi connectivity index (χ0v) is 73.8. The van der Waals surface area contributed by atoms with E-state index in [9.17, 15) is 58.8 Å². The number of nitrogens with zero attached hydrogens (tertiary/aromatic N) is 4. The van der Waals surface area contributed by atoms with Crippen molar-refractivity contribution in [1.82, 2.24) is 24.3 Å². The first-order valence-corrected chi connectivity index (χ1v) is 44.3. The van der Waals surface area contributed by atoms with Crippen LogP contribution in [0.25, 0.3) is 22.3 Å². The molecule has 0 aliphatic carbocycles. The van der Waals surface area contributed by atoms with Gasteiger partial charge in [0.2, 0.25) is 0 Å². The van der Waals surface area contributed by atoms with Crippen molar-refractivity contribution in [2.24, 2.45) is 26.1 Å². The van der Waals surface area contributed by atoms with Gasteiger partial charge in [0, 0.05) is 152 Å². The fourth-order valence-electron chi connectivity index (χ4n) is 11.8. The number of fused-ring (bicyclic) bond motifs is 3. The smallest absolute Gasteiger partial charge is 0.444 e. The Bertz CT molecular complexity index is 5770. The van der Waals surface area contributed by atoms with Crippen LogP contribution in [0, 0.1) is 0 Å². The minimum absolute atomic E-state index is 0.0225. The van der Waals surface area contributed by atoms with Crippen molar-refractivity contribution in [2.75, 3.05) is 17.3 Å². The first kappa shape index (κ1) is 92.4. The molecule has 0 saturated carbocycles. The fourth-order valence-corrected chi connectivity index (χ4v) is 15.4. The van der Waals surface area contributed by atoms with E-state index in [1.807, 2.05) is 70.2 Å². The molecule has 0 atom stereocenters. The maximum Gasteiger partial charge on any atom is 0.495 e. The summed E-state index contributed by atoms with van der Waals surface area (Å²) in [5, 5.41) is 6.92. The van der Waals surface area contributed by atoms with Crippen LogP contribution >= 0.6 is 50.7 Å². The number of alkyl carbamates (subject to hydrolysis) is 2. The number of sulfone groups is 3. The van der Waals surface area contributed by atoms with Crippen molar-refractivity contribution in [2.45, 2.75) is 149 Å². The highest BCUT2D eigenvalue weighted by Gasteiger charge is 2.52.